The summed E-state index contributed by atoms with van der Waals surface area (Å²) in [6.07, 6.45) is 0. The summed E-state index contributed by atoms with van der Waals surface area (Å²) in [5.74, 6) is -0.650. The number of hydrogen-bond donors (Lipinski definition) is 1. The molecule has 4 nitrogen and oxygen atoms in total. The van der Waals surface area contributed by atoms with Gasteiger partial charge in [0.2, 0.25) is 5.91 Å². The summed E-state index contributed by atoms with van der Waals surface area (Å²) in [5.41, 5.74) is 0.957. The lowest BCUT2D eigenvalue weighted by atomic mass is 10.1. The molecule has 1 aliphatic rings. The number of benzene rings is 1. The van der Waals surface area contributed by atoms with E-state index in [4.69, 9.17) is 16.7 Å². The van der Waals surface area contributed by atoms with Crippen molar-refractivity contribution in [1.82, 2.24) is 9.80 Å². The zero-order valence-corrected chi connectivity index (χ0v) is 12.1. The van der Waals surface area contributed by atoms with Gasteiger partial charge in [0.25, 0.3) is 0 Å². The minimum Gasteiger partial charge on any atom is -0.387 e. The van der Waals surface area contributed by atoms with Crippen molar-refractivity contribution < 1.29 is 14.3 Å². The molecule has 1 heterocycles. The van der Waals surface area contributed by atoms with Crippen LogP contribution in [0.25, 0.3) is 0 Å². The van der Waals surface area contributed by atoms with E-state index >= 15 is 0 Å². The number of rotatable bonds is 3. The Balaban J connectivity index is 1.99. The summed E-state index contributed by atoms with van der Waals surface area (Å²) in [6.45, 7) is 4.23. The lowest BCUT2D eigenvalue weighted by Gasteiger charge is -2.38. The molecule has 0 aromatic heterocycles. The molecule has 1 amide bonds. The Labute approximate surface area is 122 Å². The van der Waals surface area contributed by atoms with E-state index < -0.39 is 12.4 Å². The molecule has 6 heteroatoms. The fraction of sp³-hybridized carbons (Fsp3) is 0.500. The molecule has 0 aliphatic carbocycles. The first-order chi connectivity index (χ1) is 9.52. The molecule has 0 saturated carbocycles. The smallest absolute Gasteiger partial charge is 0.248 e. The van der Waals surface area contributed by atoms with Crippen molar-refractivity contribution in [2.24, 2.45) is 0 Å². The molecular formula is C14H18ClFN2O2. The second kappa shape index (κ2) is 6.52. The molecule has 1 N–H and O–H groups in total. The monoisotopic (exact) mass is 300 g/mol. The van der Waals surface area contributed by atoms with E-state index in [1.54, 1.807) is 17.0 Å². The van der Waals surface area contributed by atoms with Crippen LogP contribution in [-0.4, -0.2) is 53.6 Å². The Morgan fingerprint density at radius 2 is 2.05 bits per heavy atom. The summed E-state index contributed by atoms with van der Waals surface area (Å²) in [6, 6.07) is 4.86. The average Bonchev–Trinajstić information content (AvgIpc) is 2.48. The topological polar surface area (TPSA) is 43.8 Å². The first-order valence-corrected chi connectivity index (χ1v) is 6.98. The number of aliphatic hydroxyl groups is 1. The van der Waals surface area contributed by atoms with Gasteiger partial charge in [-0.05, 0) is 24.6 Å². The van der Waals surface area contributed by atoms with Crippen LogP contribution in [0.1, 0.15) is 18.5 Å². The Kier molecular flexibility index (Phi) is 4.96. The number of amides is 1. The maximum Gasteiger partial charge on any atom is 0.248 e. The molecule has 1 aliphatic heterocycles. The van der Waals surface area contributed by atoms with Crippen LogP contribution in [0.15, 0.2) is 18.2 Å². The quantitative estimate of drug-likeness (QED) is 0.923. The molecule has 2 rings (SSSR count). The molecule has 110 valence electrons. The van der Waals surface area contributed by atoms with Gasteiger partial charge in [-0.1, -0.05) is 17.7 Å². The summed E-state index contributed by atoms with van der Waals surface area (Å²) < 4.78 is 13.2. The first-order valence-electron chi connectivity index (χ1n) is 6.60. The zero-order chi connectivity index (χ0) is 14.7. The van der Waals surface area contributed by atoms with Crippen molar-refractivity contribution in [2.45, 2.75) is 13.0 Å². The second-order valence-electron chi connectivity index (χ2n) is 4.92. The molecular weight excluding hydrogens is 283 g/mol. The van der Waals surface area contributed by atoms with Gasteiger partial charge < -0.3 is 10.0 Å². The van der Waals surface area contributed by atoms with Gasteiger partial charge in [0, 0.05) is 32.2 Å². The Morgan fingerprint density at radius 3 is 2.60 bits per heavy atom. The molecule has 1 saturated heterocycles. The third-order valence-corrected chi connectivity index (χ3v) is 4.07. The average molecular weight is 301 g/mol. The molecule has 1 atom stereocenters. The van der Waals surface area contributed by atoms with Crippen LogP contribution < -0.4 is 0 Å². The van der Waals surface area contributed by atoms with Gasteiger partial charge in [-0.15, -0.1) is 0 Å². The number of carbonyl (C=O) groups is 1. The van der Waals surface area contributed by atoms with Crippen LogP contribution in [0.3, 0.4) is 0 Å². The molecule has 20 heavy (non-hydrogen) atoms. The van der Waals surface area contributed by atoms with Gasteiger partial charge in [-0.25, -0.2) is 4.39 Å². The Bertz CT molecular complexity index is 490. The Morgan fingerprint density at radius 1 is 1.40 bits per heavy atom. The maximum absolute atomic E-state index is 13.2. The van der Waals surface area contributed by atoms with Crippen LogP contribution in [0.5, 0.6) is 0 Å². The van der Waals surface area contributed by atoms with Crippen molar-refractivity contribution in [3.63, 3.8) is 0 Å². The minimum atomic E-state index is -0.441. The SMILES string of the molecule is CC(c1ccc(F)c(Cl)c1)N1CCN(C(=O)CO)CC1. The highest BCUT2D eigenvalue weighted by molar-refractivity contribution is 6.30. The Hall–Kier alpha value is -1.17. The van der Waals surface area contributed by atoms with Gasteiger partial charge in [-0.3, -0.25) is 9.69 Å². The number of aliphatic hydroxyl groups excluding tert-OH is 1. The number of piperazine rings is 1. The second-order valence-corrected chi connectivity index (χ2v) is 5.33. The van der Waals surface area contributed by atoms with E-state index in [-0.39, 0.29) is 17.0 Å². The van der Waals surface area contributed by atoms with Gasteiger partial charge >= 0.3 is 0 Å². The van der Waals surface area contributed by atoms with E-state index in [1.807, 2.05) is 6.92 Å². The lowest BCUT2D eigenvalue weighted by molar-refractivity contribution is -0.136. The number of hydrogen-bond acceptors (Lipinski definition) is 3. The molecule has 0 radical (unpaired) electrons. The van der Waals surface area contributed by atoms with E-state index in [2.05, 4.69) is 4.90 Å². The minimum absolute atomic E-state index is 0.111. The maximum atomic E-state index is 13.2. The molecule has 0 bridgehead atoms. The van der Waals surface area contributed by atoms with Crippen LogP contribution in [0.4, 0.5) is 4.39 Å². The fourth-order valence-electron chi connectivity index (χ4n) is 2.44. The van der Waals surface area contributed by atoms with Crippen molar-refractivity contribution in [1.29, 1.82) is 0 Å². The van der Waals surface area contributed by atoms with Crippen molar-refractivity contribution in [2.75, 3.05) is 32.8 Å². The molecule has 0 spiro atoms. The summed E-state index contributed by atoms with van der Waals surface area (Å²) in [5, 5.41) is 8.97. The third-order valence-electron chi connectivity index (χ3n) is 3.78. The first kappa shape index (κ1) is 15.2. The van der Waals surface area contributed by atoms with Crippen molar-refractivity contribution >= 4 is 17.5 Å². The molecule has 1 fully saturated rings. The number of carbonyl (C=O) groups excluding carboxylic acids is 1. The summed E-state index contributed by atoms with van der Waals surface area (Å²) in [4.78, 5) is 15.3. The summed E-state index contributed by atoms with van der Waals surface area (Å²) in [7, 11) is 0. The van der Waals surface area contributed by atoms with Gasteiger partial charge in [0.05, 0.1) is 5.02 Å². The van der Waals surface area contributed by atoms with E-state index in [0.29, 0.717) is 13.1 Å². The predicted molar refractivity (Wildman–Crippen MR) is 75.1 cm³/mol. The van der Waals surface area contributed by atoms with Crippen LogP contribution in [0, 0.1) is 5.82 Å². The van der Waals surface area contributed by atoms with Crippen LogP contribution >= 0.6 is 11.6 Å². The number of nitrogens with zero attached hydrogens (tertiary/aromatic N) is 2. The largest absolute Gasteiger partial charge is 0.387 e. The lowest BCUT2D eigenvalue weighted by Crippen LogP contribution is -2.50. The highest BCUT2D eigenvalue weighted by Crippen LogP contribution is 2.25. The number of halogens is 2. The molecule has 1 aromatic carbocycles. The molecule has 1 aromatic rings. The van der Waals surface area contributed by atoms with E-state index in [0.717, 1.165) is 18.7 Å². The van der Waals surface area contributed by atoms with Crippen molar-refractivity contribution in [3.05, 3.63) is 34.6 Å². The predicted octanol–water partition coefficient (Wildman–Crippen LogP) is 1.68. The van der Waals surface area contributed by atoms with Gasteiger partial charge in [0.1, 0.15) is 12.4 Å². The van der Waals surface area contributed by atoms with E-state index in [9.17, 15) is 9.18 Å². The highest BCUT2D eigenvalue weighted by Gasteiger charge is 2.24. The summed E-state index contributed by atoms with van der Waals surface area (Å²) >= 11 is 5.81. The van der Waals surface area contributed by atoms with Crippen LogP contribution in [-0.2, 0) is 4.79 Å². The zero-order valence-electron chi connectivity index (χ0n) is 11.4. The van der Waals surface area contributed by atoms with Gasteiger partial charge in [0.15, 0.2) is 0 Å². The third kappa shape index (κ3) is 3.29. The highest BCUT2D eigenvalue weighted by atomic mass is 35.5. The standard InChI is InChI=1S/C14H18ClFN2O2/c1-10(11-2-3-13(16)12(15)8-11)17-4-6-18(7-5-17)14(20)9-19/h2-3,8,10,19H,4-7,9H2,1H3. The van der Waals surface area contributed by atoms with E-state index in [1.165, 1.54) is 6.07 Å². The van der Waals surface area contributed by atoms with Gasteiger partial charge in [-0.2, -0.15) is 0 Å². The van der Waals surface area contributed by atoms with Crippen LogP contribution in [0.2, 0.25) is 5.02 Å². The molecule has 1 unspecified atom stereocenters. The fourth-order valence-corrected chi connectivity index (χ4v) is 2.63. The normalized spacial score (nSPS) is 18.1. The van der Waals surface area contributed by atoms with Crippen molar-refractivity contribution in [3.8, 4) is 0 Å².